The molecule has 2 aromatic heterocycles. The van der Waals surface area contributed by atoms with Crippen molar-refractivity contribution in [1.82, 2.24) is 14.8 Å². The van der Waals surface area contributed by atoms with E-state index in [1.165, 1.54) is 11.3 Å². The van der Waals surface area contributed by atoms with E-state index in [-0.39, 0.29) is 5.91 Å². The number of thiazole rings is 1. The Labute approximate surface area is 161 Å². The Hall–Kier alpha value is -3.25. The van der Waals surface area contributed by atoms with Gasteiger partial charge in [-0.1, -0.05) is 60.7 Å². The van der Waals surface area contributed by atoms with Crippen molar-refractivity contribution in [3.8, 4) is 10.4 Å². The standard InChI is InChI=1S/C21H18N4OS/c1-15-23-19(20(27-15)17-10-6-3-7-11-17)21(26)24-18-12-13-22-25(18)14-16-8-4-2-5-9-16/h2-13H,14H2,1H3,(H,24,26). The Morgan fingerprint density at radius 1 is 1.04 bits per heavy atom. The summed E-state index contributed by atoms with van der Waals surface area (Å²) in [6, 6.07) is 21.7. The van der Waals surface area contributed by atoms with E-state index >= 15 is 0 Å². The SMILES string of the molecule is Cc1nc(C(=O)Nc2ccnn2Cc2ccccc2)c(-c2ccccc2)s1. The predicted molar refractivity (Wildman–Crippen MR) is 108 cm³/mol. The smallest absolute Gasteiger partial charge is 0.276 e. The predicted octanol–water partition coefficient (Wildman–Crippen LogP) is 4.62. The van der Waals surface area contributed by atoms with Crippen LogP contribution in [0.25, 0.3) is 10.4 Å². The number of nitrogens with one attached hydrogen (secondary N) is 1. The first-order valence-corrected chi connectivity index (χ1v) is 9.42. The van der Waals surface area contributed by atoms with Crippen LogP contribution in [0.5, 0.6) is 0 Å². The molecule has 0 unspecified atom stereocenters. The third-order valence-corrected chi connectivity index (χ3v) is 5.14. The molecular weight excluding hydrogens is 356 g/mol. The molecule has 4 aromatic rings. The van der Waals surface area contributed by atoms with Crippen molar-refractivity contribution in [3.05, 3.63) is 89.2 Å². The Morgan fingerprint density at radius 3 is 2.48 bits per heavy atom. The van der Waals surface area contributed by atoms with Crippen molar-refractivity contribution in [1.29, 1.82) is 0 Å². The van der Waals surface area contributed by atoms with Crippen LogP contribution in [0, 0.1) is 6.92 Å². The molecular formula is C21H18N4OS. The zero-order valence-electron chi connectivity index (χ0n) is 14.8. The number of rotatable bonds is 5. The number of benzene rings is 2. The molecule has 5 nitrogen and oxygen atoms in total. The molecule has 1 N–H and O–H groups in total. The number of anilines is 1. The molecule has 6 heteroatoms. The summed E-state index contributed by atoms with van der Waals surface area (Å²) in [4.78, 5) is 18.2. The largest absolute Gasteiger partial charge is 0.305 e. The zero-order chi connectivity index (χ0) is 18.6. The quantitative estimate of drug-likeness (QED) is 0.555. The van der Waals surface area contributed by atoms with Gasteiger partial charge in [0.2, 0.25) is 0 Å². The Morgan fingerprint density at radius 2 is 1.74 bits per heavy atom. The highest BCUT2D eigenvalue weighted by atomic mass is 32.1. The van der Waals surface area contributed by atoms with E-state index < -0.39 is 0 Å². The van der Waals surface area contributed by atoms with Gasteiger partial charge in [-0.15, -0.1) is 11.3 Å². The molecule has 1 amide bonds. The van der Waals surface area contributed by atoms with Gasteiger partial charge in [-0.05, 0) is 18.1 Å². The minimum atomic E-state index is -0.229. The van der Waals surface area contributed by atoms with Crippen LogP contribution in [0.2, 0.25) is 0 Å². The topological polar surface area (TPSA) is 59.8 Å². The Kier molecular flexibility index (Phi) is 4.80. The van der Waals surface area contributed by atoms with Gasteiger partial charge < -0.3 is 5.32 Å². The van der Waals surface area contributed by atoms with Crippen molar-refractivity contribution in [3.63, 3.8) is 0 Å². The third-order valence-electron chi connectivity index (χ3n) is 4.12. The molecule has 4 rings (SSSR count). The number of carbonyl (C=O) groups is 1. The van der Waals surface area contributed by atoms with Gasteiger partial charge in [0.05, 0.1) is 22.6 Å². The first-order valence-electron chi connectivity index (χ1n) is 8.60. The van der Waals surface area contributed by atoms with Gasteiger partial charge in [0.15, 0.2) is 0 Å². The van der Waals surface area contributed by atoms with E-state index in [1.54, 1.807) is 16.9 Å². The van der Waals surface area contributed by atoms with Crippen molar-refractivity contribution in [2.75, 3.05) is 5.32 Å². The maximum Gasteiger partial charge on any atom is 0.276 e. The summed E-state index contributed by atoms with van der Waals surface area (Å²) in [5.74, 6) is 0.418. The number of aryl methyl sites for hydroxylation is 1. The number of hydrogen-bond donors (Lipinski definition) is 1. The molecule has 0 fully saturated rings. The molecule has 27 heavy (non-hydrogen) atoms. The number of aromatic nitrogens is 3. The second-order valence-electron chi connectivity index (χ2n) is 6.09. The van der Waals surface area contributed by atoms with E-state index in [4.69, 9.17) is 0 Å². The van der Waals surface area contributed by atoms with Gasteiger partial charge in [-0.3, -0.25) is 4.79 Å². The van der Waals surface area contributed by atoms with E-state index in [2.05, 4.69) is 15.4 Å². The molecule has 0 aliphatic rings. The molecule has 0 atom stereocenters. The summed E-state index contributed by atoms with van der Waals surface area (Å²) < 4.78 is 1.77. The van der Waals surface area contributed by atoms with E-state index in [0.717, 1.165) is 21.0 Å². The third kappa shape index (κ3) is 3.80. The molecule has 0 saturated heterocycles. The summed E-state index contributed by atoms with van der Waals surface area (Å²) >= 11 is 1.52. The molecule has 0 saturated carbocycles. The van der Waals surface area contributed by atoms with Crippen LogP contribution < -0.4 is 5.32 Å². The zero-order valence-corrected chi connectivity index (χ0v) is 15.6. The molecule has 0 bridgehead atoms. The number of carbonyl (C=O) groups excluding carboxylic acids is 1. The fourth-order valence-electron chi connectivity index (χ4n) is 2.86. The Balaban J connectivity index is 1.59. The molecule has 0 radical (unpaired) electrons. The fraction of sp³-hybridized carbons (Fsp3) is 0.0952. The molecule has 0 aliphatic carbocycles. The fourth-order valence-corrected chi connectivity index (χ4v) is 3.78. The second-order valence-corrected chi connectivity index (χ2v) is 7.29. The normalized spacial score (nSPS) is 10.7. The molecule has 2 aromatic carbocycles. The van der Waals surface area contributed by atoms with Crippen molar-refractivity contribution in [2.24, 2.45) is 0 Å². The van der Waals surface area contributed by atoms with Crippen LogP contribution in [0.15, 0.2) is 72.9 Å². The molecule has 134 valence electrons. The summed E-state index contributed by atoms with van der Waals surface area (Å²) in [5.41, 5.74) is 2.55. The van der Waals surface area contributed by atoms with Crippen LogP contribution in [-0.4, -0.2) is 20.7 Å². The van der Waals surface area contributed by atoms with Gasteiger partial charge in [0.1, 0.15) is 11.5 Å². The number of hydrogen-bond acceptors (Lipinski definition) is 4. The number of amides is 1. The lowest BCUT2D eigenvalue weighted by Crippen LogP contribution is -2.17. The molecule has 0 aliphatic heterocycles. The first kappa shape index (κ1) is 17.2. The molecule has 2 heterocycles. The van der Waals surface area contributed by atoms with Gasteiger partial charge in [-0.25, -0.2) is 9.67 Å². The minimum Gasteiger partial charge on any atom is -0.305 e. The van der Waals surface area contributed by atoms with Crippen molar-refractivity contribution in [2.45, 2.75) is 13.5 Å². The molecule has 0 spiro atoms. The monoisotopic (exact) mass is 374 g/mol. The maximum absolute atomic E-state index is 12.9. The Bertz CT molecular complexity index is 1050. The lowest BCUT2D eigenvalue weighted by Gasteiger charge is -2.09. The van der Waals surface area contributed by atoms with E-state index in [9.17, 15) is 4.79 Å². The van der Waals surface area contributed by atoms with Crippen LogP contribution in [0.3, 0.4) is 0 Å². The first-order chi connectivity index (χ1) is 13.2. The average Bonchev–Trinajstić information content (AvgIpc) is 3.30. The van der Waals surface area contributed by atoms with Crippen LogP contribution >= 0.6 is 11.3 Å². The van der Waals surface area contributed by atoms with Crippen molar-refractivity contribution >= 4 is 23.1 Å². The average molecular weight is 374 g/mol. The van der Waals surface area contributed by atoms with Gasteiger partial charge >= 0.3 is 0 Å². The maximum atomic E-state index is 12.9. The summed E-state index contributed by atoms with van der Waals surface area (Å²) in [6.07, 6.45) is 1.68. The second kappa shape index (κ2) is 7.55. The summed E-state index contributed by atoms with van der Waals surface area (Å²) in [7, 11) is 0. The highest BCUT2D eigenvalue weighted by molar-refractivity contribution is 7.15. The van der Waals surface area contributed by atoms with Crippen LogP contribution in [0.1, 0.15) is 21.1 Å². The minimum absolute atomic E-state index is 0.229. The van der Waals surface area contributed by atoms with Crippen molar-refractivity contribution < 1.29 is 4.79 Å². The highest BCUT2D eigenvalue weighted by Gasteiger charge is 2.19. The number of nitrogens with zero attached hydrogens (tertiary/aromatic N) is 3. The highest BCUT2D eigenvalue weighted by Crippen LogP contribution is 2.30. The van der Waals surface area contributed by atoms with Gasteiger partial charge in [0.25, 0.3) is 5.91 Å². The summed E-state index contributed by atoms with van der Waals surface area (Å²) in [5, 5.41) is 8.14. The lowest BCUT2D eigenvalue weighted by atomic mass is 10.1. The lowest BCUT2D eigenvalue weighted by molar-refractivity contribution is 0.102. The van der Waals surface area contributed by atoms with E-state index in [1.807, 2.05) is 67.6 Å². The van der Waals surface area contributed by atoms with Crippen LogP contribution in [0.4, 0.5) is 5.82 Å². The van der Waals surface area contributed by atoms with E-state index in [0.29, 0.717) is 18.1 Å². The van der Waals surface area contributed by atoms with Gasteiger partial charge in [0, 0.05) is 6.07 Å². The summed E-state index contributed by atoms with van der Waals surface area (Å²) in [6.45, 7) is 2.50. The van der Waals surface area contributed by atoms with Gasteiger partial charge in [-0.2, -0.15) is 5.10 Å². The van der Waals surface area contributed by atoms with Crippen LogP contribution in [-0.2, 0) is 6.54 Å².